The zero-order valence-corrected chi connectivity index (χ0v) is 11.9. The highest BCUT2D eigenvalue weighted by atomic mass is 15.3. The van der Waals surface area contributed by atoms with Crippen molar-refractivity contribution in [3.05, 3.63) is 41.7 Å². The Labute approximate surface area is 119 Å². The molecule has 5 heteroatoms. The number of nitrogens with zero attached hydrogens (tertiary/aromatic N) is 4. The number of aromatic nitrogens is 4. The monoisotopic (exact) mass is 271 g/mol. The van der Waals surface area contributed by atoms with Gasteiger partial charge in [-0.2, -0.15) is 5.10 Å². The zero-order chi connectivity index (χ0) is 13.9. The predicted molar refractivity (Wildman–Crippen MR) is 77.1 cm³/mol. The molecule has 0 amide bonds. The van der Waals surface area contributed by atoms with Crippen molar-refractivity contribution < 1.29 is 0 Å². The van der Waals surface area contributed by atoms with Crippen molar-refractivity contribution in [1.82, 2.24) is 19.7 Å². The molecule has 1 fully saturated rings. The highest BCUT2D eigenvalue weighted by Crippen LogP contribution is 2.28. The first-order chi connectivity index (χ1) is 9.72. The lowest BCUT2D eigenvalue weighted by atomic mass is 10.1. The number of hydrogen-bond acceptors (Lipinski definition) is 4. The van der Waals surface area contributed by atoms with Gasteiger partial charge >= 0.3 is 0 Å². The third kappa shape index (κ3) is 2.88. The van der Waals surface area contributed by atoms with Crippen molar-refractivity contribution in [1.29, 1.82) is 0 Å². The van der Waals surface area contributed by atoms with Gasteiger partial charge in [0.2, 0.25) is 0 Å². The molecule has 2 N–H and O–H groups in total. The summed E-state index contributed by atoms with van der Waals surface area (Å²) in [6.45, 7) is 1.88. The van der Waals surface area contributed by atoms with E-state index >= 15 is 0 Å². The third-order valence-corrected chi connectivity index (χ3v) is 3.97. The molecule has 5 nitrogen and oxygen atoms in total. The summed E-state index contributed by atoms with van der Waals surface area (Å²) in [4.78, 5) is 8.48. The SMILES string of the molecule is Cc1nccc(C(N)Cc2ccn(C3CCCC3)n2)n1. The first-order valence-corrected chi connectivity index (χ1v) is 7.31. The maximum atomic E-state index is 6.22. The Kier molecular flexibility index (Phi) is 3.78. The Morgan fingerprint density at radius 1 is 1.35 bits per heavy atom. The van der Waals surface area contributed by atoms with Crippen LogP contribution in [0, 0.1) is 6.92 Å². The molecule has 2 heterocycles. The summed E-state index contributed by atoms with van der Waals surface area (Å²) in [5, 5.41) is 4.67. The minimum absolute atomic E-state index is 0.122. The van der Waals surface area contributed by atoms with E-state index in [1.165, 1.54) is 25.7 Å². The van der Waals surface area contributed by atoms with Crippen LogP contribution in [0.4, 0.5) is 0 Å². The molecule has 1 aliphatic rings. The van der Waals surface area contributed by atoms with Crippen molar-refractivity contribution in [3.8, 4) is 0 Å². The molecule has 0 aliphatic heterocycles. The lowest BCUT2D eigenvalue weighted by Crippen LogP contribution is -2.16. The van der Waals surface area contributed by atoms with Gasteiger partial charge in [-0.05, 0) is 31.9 Å². The lowest BCUT2D eigenvalue weighted by molar-refractivity contribution is 0.461. The largest absolute Gasteiger partial charge is 0.322 e. The minimum atomic E-state index is -0.122. The molecule has 0 spiro atoms. The van der Waals surface area contributed by atoms with Crippen LogP contribution in [0.25, 0.3) is 0 Å². The van der Waals surface area contributed by atoms with Gasteiger partial charge in [-0.3, -0.25) is 4.68 Å². The molecule has 2 aromatic heterocycles. The molecule has 0 aromatic carbocycles. The molecule has 2 aromatic rings. The summed E-state index contributed by atoms with van der Waals surface area (Å²) in [5.74, 6) is 0.759. The first kappa shape index (κ1) is 13.2. The van der Waals surface area contributed by atoms with Gasteiger partial charge in [-0.25, -0.2) is 9.97 Å². The number of rotatable bonds is 4. The van der Waals surface area contributed by atoms with Crippen LogP contribution in [-0.4, -0.2) is 19.7 Å². The zero-order valence-electron chi connectivity index (χ0n) is 11.9. The molecule has 1 unspecified atom stereocenters. The first-order valence-electron chi connectivity index (χ1n) is 7.31. The molecular weight excluding hydrogens is 250 g/mol. The summed E-state index contributed by atoms with van der Waals surface area (Å²) in [6, 6.07) is 4.42. The molecule has 106 valence electrons. The van der Waals surface area contributed by atoms with Crippen molar-refractivity contribution in [2.45, 2.75) is 51.1 Å². The Hall–Kier alpha value is -1.75. The summed E-state index contributed by atoms with van der Waals surface area (Å²) >= 11 is 0. The van der Waals surface area contributed by atoms with Gasteiger partial charge in [-0.15, -0.1) is 0 Å². The van der Waals surface area contributed by atoms with E-state index in [1.54, 1.807) is 6.20 Å². The van der Waals surface area contributed by atoms with E-state index in [1.807, 2.05) is 13.0 Å². The van der Waals surface area contributed by atoms with Gasteiger partial charge in [0.15, 0.2) is 0 Å². The second-order valence-corrected chi connectivity index (χ2v) is 5.56. The topological polar surface area (TPSA) is 69.6 Å². The average molecular weight is 271 g/mol. The van der Waals surface area contributed by atoms with Crippen LogP contribution < -0.4 is 5.73 Å². The van der Waals surface area contributed by atoms with Crippen molar-refractivity contribution >= 4 is 0 Å². The van der Waals surface area contributed by atoms with Gasteiger partial charge in [0.25, 0.3) is 0 Å². The van der Waals surface area contributed by atoms with Crippen LogP contribution in [0.5, 0.6) is 0 Å². The van der Waals surface area contributed by atoms with E-state index in [0.717, 1.165) is 23.6 Å². The standard InChI is InChI=1S/C15H21N5/c1-11-17-8-6-15(18-11)14(16)10-12-7-9-20(19-12)13-4-2-3-5-13/h6-9,13-14H,2-5,10,16H2,1H3. The minimum Gasteiger partial charge on any atom is -0.322 e. The van der Waals surface area contributed by atoms with E-state index in [2.05, 4.69) is 32.0 Å². The molecule has 0 bridgehead atoms. The summed E-state index contributed by atoms with van der Waals surface area (Å²) in [6.07, 6.45) is 9.70. The Bertz CT molecular complexity index is 571. The molecule has 20 heavy (non-hydrogen) atoms. The third-order valence-electron chi connectivity index (χ3n) is 3.97. The number of nitrogens with two attached hydrogens (primary N) is 1. The van der Waals surface area contributed by atoms with Crippen LogP contribution in [0.15, 0.2) is 24.5 Å². The summed E-state index contributed by atoms with van der Waals surface area (Å²) < 4.78 is 2.11. The fraction of sp³-hybridized carbons (Fsp3) is 0.533. The van der Waals surface area contributed by atoms with Crippen LogP contribution in [0.2, 0.25) is 0 Å². The Balaban J connectivity index is 1.68. The van der Waals surface area contributed by atoms with E-state index in [9.17, 15) is 0 Å². The van der Waals surface area contributed by atoms with Gasteiger partial charge in [-0.1, -0.05) is 12.8 Å². The second-order valence-electron chi connectivity index (χ2n) is 5.56. The number of hydrogen-bond donors (Lipinski definition) is 1. The molecule has 1 atom stereocenters. The normalized spacial score (nSPS) is 17.5. The van der Waals surface area contributed by atoms with Gasteiger partial charge in [0.1, 0.15) is 5.82 Å². The van der Waals surface area contributed by atoms with E-state index in [-0.39, 0.29) is 6.04 Å². The lowest BCUT2D eigenvalue weighted by Gasteiger charge is -2.11. The van der Waals surface area contributed by atoms with Crippen molar-refractivity contribution in [2.75, 3.05) is 0 Å². The van der Waals surface area contributed by atoms with Gasteiger partial charge in [0, 0.05) is 18.8 Å². The van der Waals surface area contributed by atoms with E-state index in [4.69, 9.17) is 5.73 Å². The molecule has 1 aliphatic carbocycles. The Morgan fingerprint density at radius 2 is 2.15 bits per heavy atom. The van der Waals surface area contributed by atoms with Crippen LogP contribution in [0.3, 0.4) is 0 Å². The summed E-state index contributed by atoms with van der Waals surface area (Å²) in [5.41, 5.74) is 8.14. The summed E-state index contributed by atoms with van der Waals surface area (Å²) in [7, 11) is 0. The van der Waals surface area contributed by atoms with Crippen LogP contribution >= 0.6 is 0 Å². The molecular formula is C15H21N5. The number of aryl methyl sites for hydroxylation is 1. The van der Waals surface area contributed by atoms with E-state index in [0.29, 0.717) is 6.04 Å². The highest BCUT2D eigenvalue weighted by Gasteiger charge is 2.18. The predicted octanol–water partition coefficient (Wildman–Crippen LogP) is 2.34. The molecule has 0 radical (unpaired) electrons. The Morgan fingerprint density at radius 3 is 2.90 bits per heavy atom. The maximum absolute atomic E-state index is 6.22. The molecule has 1 saturated carbocycles. The maximum Gasteiger partial charge on any atom is 0.125 e. The average Bonchev–Trinajstić information content (AvgIpc) is 3.08. The quantitative estimate of drug-likeness (QED) is 0.926. The fourth-order valence-corrected chi connectivity index (χ4v) is 2.87. The van der Waals surface area contributed by atoms with E-state index < -0.39 is 0 Å². The second kappa shape index (κ2) is 5.71. The van der Waals surface area contributed by atoms with Gasteiger partial charge < -0.3 is 5.73 Å². The van der Waals surface area contributed by atoms with Crippen LogP contribution in [-0.2, 0) is 6.42 Å². The smallest absolute Gasteiger partial charge is 0.125 e. The van der Waals surface area contributed by atoms with Gasteiger partial charge in [0.05, 0.1) is 23.5 Å². The van der Waals surface area contributed by atoms with Crippen molar-refractivity contribution in [3.63, 3.8) is 0 Å². The molecule has 0 saturated heterocycles. The highest BCUT2D eigenvalue weighted by molar-refractivity contribution is 5.11. The van der Waals surface area contributed by atoms with Crippen molar-refractivity contribution in [2.24, 2.45) is 5.73 Å². The molecule has 3 rings (SSSR count). The van der Waals surface area contributed by atoms with Crippen LogP contribution in [0.1, 0.15) is 55.0 Å². The fourth-order valence-electron chi connectivity index (χ4n) is 2.87.